The van der Waals surface area contributed by atoms with Crippen molar-refractivity contribution in [1.82, 2.24) is 9.80 Å². The highest BCUT2D eigenvalue weighted by molar-refractivity contribution is 5.72. The van der Waals surface area contributed by atoms with E-state index >= 15 is 0 Å². The zero-order valence-electron chi connectivity index (χ0n) is 11.3. The molecular weight excluding hydrogens is 220 g/mol. The van der Waals surface area contributed by atoms with Crippen LogP contribution in [0.5, 0.6) is 0 Å². The van der Waals surface area contributed by atoms with Crippen LogP contribution in [0, 0.1) is 5.92 Å². The fourth-order valence-corrected chi connectivity index (χ4v) is 2.14. The predicted octanol–water partition coefficient (Wildman–Crippen LogP) is 0.0579. The van der Waals surface area contributed by atoms with E-state index in [2.05, 4.69) is 16.8 Å². The van der Waals surface area contributed by atoms with Crippen LogP contribution in [0.15, 0.2) is 0 Å². The maximum absolute atomic E-state index is 11.3. The molecule has 0 aromatic heterocycles. The van der Waals surface area contributed by atoms with Crippen molar-refractivity contribution in [2.75, 3.05) is 54.0 Å². The normalized spacial score (nSPS) is 23.7. The molecule has 1 saturated heterocycles. The summed E-state index contributed by atoms with van der Waals surface area (Å²) in [6.45, 7) is 6.19. The number of carbonyl (C=O) groups is 1. The van der Waals surface area contributed by atoms with Gasteiger partial charge in [-0.15, -0.1) is 0 Å². The van der Waals surface area contributed by atoms with Crippen LogP contribution >= 0.6 is 0 Å². The molecule has 0 spiro atoms. The third-order valence-corrected chi connectivity index (χ3v) is 3.05. The maximum Gasteiger partial charge on any atom is 0.309 e. The topological polar surface area (TPSA) is 42.0 Å². The molecule has 0 bridgehead atoms. The van der Waals surface area contributed by atoms with Crippen molar-refractivity contribution in [2.24, 2.45) is 5.92 Å². The molecule has 2 unspecified atom stereocenters. The molecule has 5 nitrogen and oxygen atoms in total. The highest BCUT2D eigenvalue weighted by Gasteiger charge is 2.21. The van der Waals surface area contributed by atoms with Crippen LogP contribution in [0.3, 0.4) is 0 Å². The van der Waals surface area contributed by atoms with Crippen LogP contribution < -0.4 is 0 Å². The molecule has 0 aliphatic carbocycles. The van der Waals surface area contributed by atoms with E-state index in [1.807, 2.05) is 14.0 Å². The molecule has 2 atom stereocenters. The van der Waals surface area contributed by atoms with Crippen molar-refractivity contribution in [2.45, 2.75) is 13.0 Å². The number of likely N-dealkylation sites (N-methyl/N-ethyl adjacent to an activating group) is 2. The lowest BCUT2D eigenvalue weighted by atomic mass is 10.1. The number of esters is 1. The monoisotopic (exact) mass is 244 g/mol. The summed E-state index contributed by atoms with van der Waals surface area (Å²) in [4.78, 5) is 15.7. The van der Waals surface area contributed by atoms with Gasteiger partial charge in [-0.25, -0.2) is 0 Å². The van der Waals surface area contributed by atoms with Crippen LogP contribution in [0.4, 0.5) is 0 Å². The van der Waals surface area contributed by atoms with Crippen LogP contribution in [0.2, 0.25) is 0 Å². The Morgan fingerprint density at radius 3 is 2.94 bits per heavy atom. The summed E-state index contributed by atoms with van der Waals surface area (Å²) in [5.74, 6) is -0.246. The second kappa shape index (κ2) is 6.93. The van der Waals surface area contributed by atoms with Gasteiger partial charge in [0.25, 0.3) is 0 Å². The highest BCUT2D eigenvalue weighted by Crippen LogP contribution is 2.07. The third-order valence-electron chi connectivity index (χ3n) is 3.05. The van der Waals surface area contributed by atoms with Gasteiger partial charge in [-0.3, -0.25) is 4.79 Å². The zero-order chi connectivity index (χ0) is 12.8. The van der Waals surface area contributed by atoms with E-state index in [4.69, 9.17) is 9.47 Å². The molecule has 1 rings (SSSR count). The summed E-state index contributed by atoms with van der Waals surface area (Å²) in [6.07, 6.45) is 0.239. The fourth-order valence-electron chi connectivity index (χ4n) is 2.14. The summed E-state index contributed by atoms with van der Waals surface area (Å²) >= 11 is 0. The van der Waals surface area contributed by atoms with E-state index in [9.17, 15) is 4.79 Å². The molecule has 0 aromatic carbocycles. The third kappa shape index (κ3) is 5.02. The lowest BCUT2D eigenvalue weighted by molar-refractivity contribution is -0.145. The van der Waals surface area contributed by atoms with Crippen molar-refractivity contribution in [3.05, 3.63) is 0 Å². The van der Waals surface area contributed by atoms with E-state index in [1.54, 1.807) is 0 Å². The van der Waals surface area contributed by atoms with Crippen LogP contribution in [0.1, 0.15) is 6.92 Å². The quantitative estimate of drug-likeness (QED) is 0.640. The minimum atomic E-state index is -0.154. The van der Waals surface area contributed by atoms with Crippen molar-refractivity contribution in [3.63, 3.8) is 0 Å². The first-order chi connectivity index (χ1) is 8.02. The number of methoxy groups -OCH3 is 1. The molecular formula is C12H24N2O3. The molecule has 0 amide bonds. The van der Waals surface area contributed by atoms with Gasteiger partial charge in [0.1, 0.15) is 0 Å². The van der Waals surface area contributed by atoms with Crippen molar-refractivity contribution < 1.29 is 14.3 Å². The summed E-state index contributed by atoms with van der Waals surface area (Å²) in [5, 5.41) is 0. The van der Waals surface area contributed by atoms with Gasteiger partial charge in [0.05, 0.1) is 25.7 Å². The average molecular weight is 244 g/mol. The van der Waals surface area contributed by atoms with Gasteiger partial charge in [0.15, 0.2) is 0 Å². The Morgan fingerprint density at radius 1 is 1.65 bits per heavy atom. The van der Waals surface area contributed by atoms with Gasteiger partial charge < -0.3 is 19.3 Å². The molecule has 0 saturated carbocycles. The molecule has 100 valence electrons. The Hall–Kier alpha value is -0.650. The lowest BCUT2D eigenvalue weighted by Gasteiger charge is -2.33. The molecule has 1 aliphatic rings. The highest BCUT2D eigenvalue weighted by atomic mass is 16.5. The van der Waals surface area contributed by atoms with Gasteiger partial charge in [0.2, 0.25) is 0 Å². The molecule has 1 aliphatic heterocycles. The van der Waals surface area contributed by atoms with Crippen molar-refractivity contribution in [1.29, 1.82) is 0 Å². The fraction of sp³-hybridized carbons (Fsp3) is 0.917. The number of carbonyl (C=O) groups excluding carboxylic acids is 1. The van der Waals surface area contributed by atoms with Crippen LogP contribution in [0.25, 0.3) is 0 Å². The van der Waals surface area contributed by atoms with Crippen molar-refractivity contribution >= 4 is 5.97 Å². The predicted molar refractivity (Wildman–Crippen MR) is 65.9 cm³/mol. The molecule has 0 aromatic rings. The Morgan fingerprint density at radius 2 is 2.35 bits per heavy atom. The second-order valence-corrected chi connectivity index (χ2v) is 4.90. The standard InChI is InChI=1S/C12H24N2O3/c1-10(12(15)16-4)7-14(3)9-11-8-13(2)5-6-17-11/h10-11H,5-9H2,1-4H3. The molecule has 0 N–H and O–H groups in total. The molecule has 5 heteroatoms. The molecule has 1 fully saturated rings. The van der Waals surface area contributed by atoms with E-state index in [0.717, 1.165) is 26.2 Å². The number of hydrogen-bond donors (Lipinski definition) is 0. The van der Waals surface area contributed by atoms with Crippen molar-refractivity contribution in [3.8, 4) is 0 Å². The maximum atomic E-state index is 11.3. The first-order valence-corrected chi connectivity index (χ1v) is 6.09. The first kappa shape index (κ1) is 14.4. The number of ether oxygens (including phenoxy) is 2. The van der Waals surface area contributed by atoms with Gasteiger partial charge in [-0.05, 0) is 14.1 Å². The first-order valence-electron chi connectivity index (χ1n) is 6.09. The summed E-state index contributed by atoms with van der Waals surface area (Å²) in [6, 6.07) is 0. The Kier molecular flexibility index (Phi) is 5.88. The summed E-state index contributed by atoms with van der Waals surface area (Å²) < 4.78 is 10.4. The Bertz CT molecular complexity index is 248. The van der Waals surface area contributed by atoms with Gasteiger partial charge in [-0.1, -0.05) is 6.92 Å². The average Bonchev–Trinajstić information content (AvgIpc) is 2.27. The number of hydrogen-bond acceptors (Lipinski definition) is 5. The molecule has 0 radical (unpaired) electrons. The minimum Gasteiger partial charge on any atom is -0.469 e. The van der Waals surface area contributed by atoms with Crippen LogP contribution in [-0.4, -0.2) is 75.9 Å². The van der Waals surface area contributed by atoms with E-state index in [-0.39, 0.29) is 18.0 Å². The molecule has 1 heterocycles. The summed E-state index contributed by atoms with van der Waals surface area (Å²) in [5.41, 5.74) is 0. The van der Waals surface area contributed by atoms with Gasteiger partial charge in [-0.2, -0.15) is 0 Å². The second-order valence-electron chi connectivity index (χ2n) is 4.90. The van der Waals surface area contributed by atoms with E-state index in [1.165, 1.54) is 7.11 Å². The smallest absolute Gasteiger partial charge is 0.309 e. The summed E-state index contributed by atoms with van der Waals surface area (Å²) in [7, 11) is 5.54. The number of morpholine rings is 1. The zero-order valence-corrected chi connectivity index (χ0v) is 11.3. The van der Waals surface area contributed by atoms with Crippen LogP contribution in [-0.2, 0) is 14.3 Å². The lowest BCUT2D eigenvalue weighted by Crippen LogP contribution is -2.46. The SMILES string of the molecule is COC(=O)C(C)CN(C)CC1CN(C)CCO1. The number of nitrogens with zero attached hydrogens (tertiary/aromatic N) is 2. The minimum absolute atomic E-state index is 0.0914. The van der Waals surface area contributed by atoms with Gasteiger partial charge >= 0.3 is 5.97 Å². The van der Waals surface area contributed by atoms with E-state index < -0.39 is 0 Å². The Balaban J connectivity index is 2.28. The molecule has 17 heavy (non-hydrogen) atoms. The largest absolute Gasteiger partial charge is 0.469 e. The van der Waals surface area contributed by atoms with Gasteiger partial charge in [0, 0.05) is 26.2 Å². The van der Waals surface area contributed by atoms with E-state index in [0.29, 0.717) is 6.54 Å². The Labute approximate surface area is 104 Å². The number of rotatable bonds is 5.